The number of methoxy groups -OCH3 is 1. The van der Waals surface area contributed by atoms with Crippen LogP contribution in [0.2, 0.25) is 0 Å². The van der Waals surface area contributed by atoms with Crippen LogP contribution < -0.4 is 14.1 Å². The molecule has 0 aromatic heterocycles. The van der Waals surface area contributed by atoms with Crippen LogP contribution >= 0.6 is 0 Å². The van der Waals surface area contributed by atoms with E-state index in [1.54, 1.807) is 6.07 Å². The normalized spacial score (nSPS) is 36.0. The Morgan fingerprint density at radius 3 is 2.65 bits per heavy atom. The third kappa shape index (κ3) is 2.80. The van der Waals surface area contributed by atoms with Crippen molar-refractivity contribution in [1.82, 2.24) is 0 Å². The fourth-order valence-corrected chi connectivity index (χ4v) is 6.24. The number of nitrogens with two attached hydrogens (primary N) is 1. The lowest BCUT2D eigenvalue weighted by atomic mass is 9.55. The molecule has 26 heavy (non-hydrogen) atoms. The van der Waals surface area contributed by atoms with Crippen molar-refractivity contribution in [3.05, 3.63) is 23.3 Å². The van der Waals surface area contributed by atoms with Crippen molar-refractivity contribution >= 4 is 10.3 Å². The molecule has 0 unspecified atom stereocenters. The van der Waals surface area contributed by atoms with E-state index >= 15 is 0 Å². The lowest BCUT2D eigenvalue weighted by molar-refractivity contribution is 0.0143. The van der Waals surface area contributed by atoms with Gasteiger partial charge in [-0.3, -0.25) is 0 Å². The number of hydrogen-bond donors (Lipinski definition) is 1. The molecule has 0 spiro atoms. The SMILES string of the molecule is COc1cc2c(cc1OS(N)(=O)=O)CC[C@@H]1[C@@H]2CC[C@]2(C)[C@H](F)CC[C@@H]12. The minimum absolute atomic E-state index is 0.137. The Morgan fingerprint density at radius 2 is 1.96 bits per heavy atom. The van der Waals surface area contributed by atoms with Crippen molar-refractivity contribution < 1.29 is 21.7 Å². The lowest BCUT2D eigenvalue weighted by Gasteiger charge is -2.49. The van der Waals surface area contributed by atoms with Gasteiger partial charge in [-0.05, 0) is 79.5 Å². The van der Waals surface area contributed by atoms with Gasteiger partial charge in [0.25, 0.3) is 0 Å². The third-order valence-corrected chi connectivity index (χ3v) is 7.51. The van der Waals surface area contributed by atoms with Crippen LogP contribution in [0, 0.1) is 17.3 Å². The van der Waals surface area contributed by atoms with E-state index in [1.165, 1.54) is 12.7 Å². The van der Waals surface area contributed by atoms with Crippen LogP contribution in [-0.4, -0.2) is 21.7 Å². The maximum atomic E-state index is 14.5. The predicted octanol–water partition coefficient (Wildman–Crippen LogP) is 3.47. The number of fused-ring (bicyclic) bond motifs is 5. The van der Waals surface area contributed by atoms with E-state index in [9.17, 15) is 12.8 Å². The standard InChI is InChI=1S/C19H26FNO4S/c1-19-8-7-12-13(15(19)5-6-18(19)20)4-3-11-9-17(25-26(21,22)23)16(24-2)10-14(11)12/h9-10,12-13,15,18H,3-8H2,1-2H3,(H2,21,22,23)/t12-,13+,15-,18+,19-/m0/s1. The number of rotatable bonds is 3. The zero-order valence-electron chi connectivity index (χ0n) is 15.2. The highest BCUT2D eigenvalue weighted by atomic mass is 32.2. The molecular formula is C19H26FNO4S. The van der Waals surface area contributed by atoms with Crippen molar-refractivity contribution in [2.45, 2.75) is 57.5 Å². The van der Waals surface area contributed by atoms with E-state index in [1.807, 2.05) is 6.07 Å². The molecule has 7 heteroatoms. The molecule has 1 aromatic carbocycles. The van der Waals surface area contributed by atoms with Gasteiger partial charge in [0.05, 0.1) is 7.11 Å². The number of aryl methyl sites for hydroxylation is 1. The van der Waals surface area contributed by atoms with Crippen molar-refractivity contribution in [1.29, 1.82) is 0 Å². The van der Waals surface area contributed by atoms with Gasteiger partial charge in [-0.15, -0.1) is 0 Å². The largest absolute Gasteiger partial charge is 0.493 e. The van der Waals surface area contributed by atoms with E-state index < -0.39 is 16.5 Å². The van der Waals surface area contributed by atoms with Gasteiger partial charge in [0.15, 0.2) is 11.5 Å². The topological polar surface area (TPSA) is 78.6 Å². The molecule has 2 saturated carbocycles. The maximum Gasteiger partial charge on any atom is 0.380 e. The van der Waals surface area contributed by atoms with Crippen LogP contribution in [0.4, 0.5) is 4.39 Å². The van der Waals surface area contributed by atoms with Gasteiger partial charge in [0, 0.05) is 5.41 Å². The average Bonchev–Trinajstić information content (AvgIpc) is 2.88. The van der Waals surface area contributed by atoms with Crippen molar-refractivity contribution in [2.24, 2.45) is 22.4 Å². The third-order valence-electron chi connectivity index (χ3n) is 7.10. The van der Waals surface area contributed by atoms with Gasteiger partial charge in [-0.1, -0.05) is 6.92 Å². The van der Waals surface area contributed by atoms with E-state index in [4.69, 9.17) is 14.1 Å². The molecule has 0 heterocycles. The molecule has 1 aromatic rings. The molecule has 4 rings (SSSR count). The van der Waals surface area contributed by atoms with Crippen LogP contribution in [-0.2, 0) is 16.7 Å². The van der Waals surface area contributed by atoms with E-state index in [-0.39, 0.29) is 11.2 Å². The number of benzene rings is 1. The average molecular weight is 383 g/mol. The Bertz CT molecular complexity index is 827. The van der Waals surface area contributed by atoms with Gasteiger partial charge >= 0.3 is 10.3 Å². The van der Waals surface area contributed by atoms with Crippen molar-refractivity contribution in [3.63, 3.8) is 0 Å². The first-order chi connectivity index (χ1) is 12.2. The van der Waals surface area contributed by atoms with E-state index in [0.29, 0.717) is 29.9 Å². The molecule has 0 bridgehead atoms. The monoisotopic (exact) mass is 383 g/mol. The Labute approximate surface area is 154 Å². The minimum atomic E-state index is -4.11. The highest BCUT2D eigenvalue weighted by Crippen LogP contribution is 2.62. The molecule has 0 aliphatic heterocycles. The highest BCUT2D eigenvalue weighted by Gasteiger charge is 2.55. The number of hydrogen-bond acceptors (Lipinski definition) is 4. The van der Waals surface area contributed by atoms with Crippen molar-refractivity contribution in [2.75, 3.05) is 7.11 Å². The molecular weight excluding hydrogens is 357 g/mol. The molecule has 144 valence electrons. The van der Waals surface area contributed by atoms with E-state index in [0.717, 1.165) is 37.7 Å². The maximum absolute atomic E-state index is 14.5. The molecule has 3 aliphatic rings. The summed E-state index contributed by atoms with van der Waals surface area (Å²) in [7, 11) is -2.62. The fraction of sp³-hybridized carbons (Fsp3) is 0.684. The Morgan fingerprint density at radius 1 is 1.19 bits per heavy atom. The quantitative estimate of drug-likeness (QED) is 0.867. The summed E-state index contributed by atoms with van der Waals surface area (Å²) in [5, 5.41) is 5.02. The Balaban J connectivity index is 1.70. The van der Waals surface area contributed by atoms with Crippen LogP contribution in [0.1, 0.15) is 56.1 Å². The molecule has 0 amide bonds. The van der Waals surface area contributed by atoms with Gasteiger partial charge in [-0.2, -0.15) is 13.6 Å². The summed E-state index contributed by atoms with van der Waals surface area (Å²) >= 11 is 0. The molecule has 2 fully saturated rings. The summed E-state index contributed by atoms with van der Waals surface area (Å²) in [5.74, 6) is 1.80. The van der Waals surface area contributed by atoms with Crippen LogP contribution in [0.15, 0.2) is 12.1 Å². The minimum Gasteiger partial charge on any atom is -0.493 e. The molecule has 2 N–H and O–H groups in total. The first-order valence-electron chi connectivity index (χ1n) is 9.30. The van der Waals surface area contributed by atoms with Gasteiger partial charge in [0.1, 0.15) is 6.17 Å². The Kier molecular flexibility index (Phi) is 4.23. The zero-order chi connectivity index (χ0) is 18.7. The summed E-state index contributed by atoms with van der Waals surface area (Å²) in [6.07, 6.45) is 4.67. The zero-order valence-corrected chi connectivity index (χ0v) is 16.0. The van der Waals surface area contributed by atoms with Gasteiger partial charge < -0.3 is 8.92 Å². The van der Waals surface area contributed by atoms with Crippen LogP contribution in [0.25, 0.3) is 0 Å². The molecule has 3 aliphatic carbocycles. The number of halogens is 1. The van der Waals surface area contributed by atoms with Crippen LogP contribution in [0.5, 0.6) is 11.5 Å². The summed E-state index contributed by atoms with van der Waals surface area (Å²) in [4.78, 5) is 0. The lowest BCUT2D eigenvalue weighted by Crippen LogP contribution is -2.42. The first kappa shape index (κ1) is 18.0. The smallest absolute Gasteiger partial charge is 0.380 e. The first-order valence-corrected chi connectivity index (χ1v) is 10.8. The summed E-state index contributed by atoms with van der Waals surface area (Å²) in [5.41, 5.74) is 2.10. The number of ether oxygens (including phenoxy) is 1. The van der Waals surface area contributed by atoms with Gasteiger partial charge in [-0.25, -0.2) is 4.39 Å². The molecule has 5 atom stereocenters. The summed E-state index contributed by atoms with van der Waals surface area (Å²) in [6.45, 7) is 2.13. The highest BCUT2D eigenvalue weighted by molar-refractivity contribution is 7.84. The van der Waals surface area contributed by atoms with Gasteiger partial charge in [0.2, 0.25) is 0 Å². The fourth-order valence-electron chi connectivity index (χ4n) is 5.86. The molecule has 0 saturated heterocycles. The van der Waals surface area contributed by atoms with Crippen LogP contribution in [0.3, 0.4) is 0 Å². The second-order valence-corrected chi connectivity index (χ2v) is 9.44. The van der Waals surface area contributed by atoms with E-state index in [2.05, 4.69) is 6.92 Å². The second kappa shape index (κ2) is 6.09. The predicted molar refractivity (Wildman–Crippen MR) is 96.2 cm³/mol. The molecule has 0 radical (unpaired) electrons. The number of alkyl halides is 1. The second-order valence-electron chi connectivity index (χ2n) is 8.28. The summed E-state index contributed by atoms with van der Waals surface area (Å²) in [6, 6.07) is 3.65. The summed E-state index contributed by atoms with van der Waals surface area (Å²) < 4.78 is 47.4. The Hall–Kier alpha value is -1.34. The molecule has 5 nitrogen and oxygen atoms in total. The van der Waals surface area contributed by atoms with Crippen molar-refractivity contribution in [3.8, 4) is 11.5 Å².